The molecule has 1 atom stereocenters. The molecule has 4 fully saturated rings. The molecule has 4 aliphatic carbocycles. The Balaban J connectivity index is 1.48. The highest BCUT2D eigenvalue weighted by Gasteiger charge is 2.49. The quantitative estimate of drug-likeness (QED) is 0.916. The van der Waals surface area contributed by atoms with E-state index in [1.807, 2.05) is 6.07 Å². The number of methoxy groups -OCH3 is 1. The van der Waals surface area contributed by atoms with Gasteiger partial charge >= 0.3 is 0 Å². The van der Waals surface area contributed by atoms with Gasteiger partial charge in [0, 0.05) is 6.04 Å². The first-order valence-corrected chi connectivity index (χ1v) is 8.61. The zero-order valence-corrected chi connectivity index (χ0v) is 13.0. The lowest BCUT2D eigenvalue weighted by Crippen LogP contribution is -2.52. The lowest BCUT2D eigenvalue weighted by Gasteiger charge is -2.56. The largest absolute Gasteiger partial charge is 0.497 e. The highest BCUT2D eigenvalue weighted by Crippen LogP contribution is 2.57. The van der Waals surface area contributed by atoms with E-state index in [4.69, 9.17) is 10.5 Å². The molecule has 0 aliphatic heterocycles. The summed E-state index contributed by atoms with van der Waals surface area (Å²) in [5.74, 6) is 5.62. The van der Waals surface area contributed by atoms with E-state index >= 15 is 0 Å². The first-order chi connectivity index (χ1) is 10.2. The molecule has 2 heteroatoms. The van der Waals surface area contributed by atoms with Crippen molar-refractivity contribution in [3.8, 4) is 5.75 Å². The van der Waals surface area contributed by atoms with Crippen molar-refractivity contribution in [2.75, 3.05) is 7.11 Å². The van der Waals surface area contributed by atoms with Crippen molar-refractivity contribution < 1.29 is 4.74 Å². The van der Waals surface area contributed by atoms with Crippen LogP contribution >= 0.6 is 0 Å². The standard InChI is InChI=1S/C19H27NO/c1-21-17-4-2-3-12(10-17)11-18(20)19-15-6-13-5-14(8-15)9-16(19)7-13/h2-4,10,13-16,18-19H,5-9,11,20H2,1H3. The van der Waals surface area contributed by atoms with E-state index < -0.39 is 0 Å². The van der Waals surface area contributed by atoms with Gasteiger partial charge in [-0.15, -0.1) is 0 Å². The van der Waals surface area contributed by atoms with Crippen LogP contribution in [0.1, 0.15) is 37.7 Å². The van der Waals surface area contributed by atoms with Crippen LogP contribution in [-0.2, 0) is 6.42 Å². The minimum atomic E-state index is 0.326. The predicted molar refractivity (Wildman–Crippen MR) is 85.2 cm³/mol. The van der Waals surface area contributed by atoms with Gasteiger partial charge in [-0.1, -0.05) is 12.1 Å². The molecule has 2 nitrogen and oxygen atoms in total. The number of hydrogen-bond donors (Lipinski definition) is 1. The molecule has 114 valence electrons. The fraction of sp³-hybridized carbons (Fsp3) is 0.684. The first kappa shape index (κ1) is 13.6. The zero-order valence-electron chi connectivity index (χ0n) is 13.0. The molecule has 5 rings (SSSR count). The maximum absolute atomic E-state index is 6.68. The number of rotatable bonds is 4. The van der Waals surface area contributed by atoms with Gasteiger partial charge in [0.05, 0.1) is 7.11 Å². The summed E-state index contributed by atoms with van der Waals surface area (Å²) in [4.78, 5) is 0. The average molecular weight is 285 g/mol. The Labute approximate surface area is 128 Å². The summed E-state index contributed by atoms with van der Waals surface area (Å²) in [5, 5.41) is 0. The second-order valence-corrected chi connectivity index (χ2v) is 7.73. The predicted octanol–water partition coefficient (Wildman–Crippen LogP) is 3.64. The van der Waals surface area contributed by atoms with Crippen LogP contribution in [0.5, 0.6) is 5.75 Å². The van der Waals surface area contributed by atoms with Crippen molar-refractivity contribution in [1.82, 2.24) is 0 Å². The fourth-order valence-electron chi connectivity index (χ4n) is 5.87. The Morgan fingerprint density at radius 3 is 2.38 bits per heavy atom. The van der Waals surface area contributed by atoms with Crippen molar-refractivity contribution in [3.05, 3.63) is 29.8 Å². The summed E-state index contributed by atoms with van der Waals surface area (Å²) >= 11 is 0. The zero-order chi connectivity index (χ0) is 14.4. The van der Waals surface area contributed by atoms with Gasteiger partial charge < -0.3 is 10.5 Å². The minimum absolute atomic E-state index is 0.326. The van der Waals surface area contributed by atoms with Crippen LogP contribution in [0.3, 0.4) is 0 Å². The van der Waals surface area contributed by atoms with Crippen molar-refractivity contribution in [2.45, 2.75) is 44.6 Å². The fourth-order valence-corrected chi connectivity index (χ4v) is 5.87. The van der Waals surface area contributed by atoms with Gasteiger partial charge in [0.15, 0.2) is 0 Å². The summed E-state index contributed by atoms with van der Waals surface area (Å²) in [6.07, 6.45) is 8.37. The summed E-state index contributed by atoms with van der Waals surface area (Å²) in [7, 11) is 1.73. The molecule has 21 heavy (non-hydrogen) atoms. The van der Waals surface area contributed by atoms with Crippen molar-refractivity contribution in [1.29, 1.82) is 0 Å². The molecule has 4 bridgehead atoms. The minimum Gasteiger partial charge on any atom is -0.497 e. The normalized spacial score (nSPS) is 38.5. The number of ether oxygens (including phenoxy) is 1. The van der Waals surface area contributed by atoms with Crippen LogP contribution < -0.4 is 10.5 Å². The maximum atomic E-state index is 6.68. The molecule has 0 saturated heterocycles. The molecule has 1 aromatic carbocycles. The van der Waals surface area contributed by atoms with Gasteiger partial charge in [-0.05, 0) is 85.8 Å². The topological polar surface area (TPSA) is 35.2 Å². The van der Waals surface area contributed by atoms with Crippen molar-refractivity contribution >= 4 is 0 Å². The van der Waals surface area contributed by atoms with Crippen LogP contribution in [0.4, 0.5) is 0 Å². The molecule has 0 spiro atoms. The number of benzene rings is 1. The molecule has 2 N–H and O–H groups in total. The molecule has 1 unspecified atom stereocenters. The SMILES string of the molecule is COc1cccc(CC(N)C2C3CC4CC(C3)CC2C4)c1. The van der Waals surface area contributed by atoms with E-state index in [9.17, 15) is 0 Å². The smallest absolute Gasteiger partial charge is 0.119 e. The van der Waals surface area contributed by atoms with Gasteiger partial charge in [0.25, 0.3) is 0 Å². The Bertz CT molecular complexity index is 484. The van der Waals surface area contributed by atoms with Gasteiger partial charge in [-0.25, -0.2) is 0 Å². The van der Waals surface area contributed by atoms with E-state index in [-0.39, 0.29) is 0 Å². The summed E-state index contributed by atoms with van der Waals surface area (Å²) < 4.78 is 5.34. The van der Waals surface area contributed by atoms with E-state index in [1.54, 1.807) is 7.11 Å². The van der Waals surface area contributed by atoms with Crippen LogP contribution in [0.25, 0.3) is 0 Å². The molecule has 1 aromatic rings. The Hall–Kier alpha value is -1.02. The maximum Gasteiger partial charge on any atom is 0.119 e. The second-order valence-electron chi connectivity index (χ2n) is 7.73. The molecule has 0 heterocycles. The molecular formula is C19H27NO. The van der Waals surface area contributed by atoms with E-state index in [1.165, 1.54) is 37.7 Å². The Morgan fingerprint density at radius 1 is 1.10 bits per heavy atom. The lowest BCUT2D eigenvalue weighted by molar-refractivity contribution is -0.0464. The average Bonchev–Trinajstić information content (AvgIpc) is 2.46. The third-order valence-electron chi connectivity index (χ3n) is 6.40. The van der Waals surface area contributed by atoms with Crippen molar-refractivity contribution in [2.24, 2.45) is 35.3 Å². The lowest BCUT2D eigenvalue weighted by atomic mass is 9.50. The molecule has 4 aliphatic rings. The summed E-state index contributed by atoms with van der Waals surface area (Å²) in [6, 6.07) is 8.76. The Kier molecular flexibility index (Phi) is 3.45. The first-order valence-electron chi connectivity index (χ1n) is 8.61. The number of nitrogens with two attached hydrogens (primary N) is 1. The van der Waals surface area contributed by atoms with Crippen molar-refractivity contribution in [3.63, 3.8) is 0 Å². The van der Waals surface area contributed by atoms with Gasteiger partial charge in [0.1, 0.15) is 5.75 Å². The molecule has 4 saturated carbocycles. The molecule has 0 amide bonds. The highest BCUT2D eigenvalue weighted by molar-refractivity contribution is 5.29. The molecule has 0 aromatic heterocycles. The van der Waals surface area contributed by atoms with Gasteiger partial charge in [0.2, 0.25) is 0 Å². The summed E-state index contributed by atoms with van der Waals surface area (Å²) in [5.41, 5.74) is 8.01. The van der Waals surface area contributed by atoms with Gasteiger partial charge in [-0.3, -0.25) is 0 Å². The van der Waals surface area contributed by atoms with E-state index in [0.29, 0.717) is 6.04 Å². The monoisotopic (exact) mass is 285 g/mol. The Morgan fingerprint density at radius 2 is 1.76 bits per heavy atom. The van der Waals surface area contributed by atoms with E-state index in [2.05, 4.69) is 18.2 Å². The second kappa shape index (κ2) is 5.31. The third-order valence-corrected chi connectivity index (χ3v) is 6.40. The molecular weight excluding hydrogens is 258 g/mol. The van der Waals surface area contributed by atoms with E-state index in [0.717, 1.165) is 41.8 Å². The van der Waals surface area contributed by atoms with Crippen LogP contribution in [-0.4, -0.2) is 13.2 Å². The molecule has 0 radical (unpaired) electrons. The van der Waals surface area contributed by atoms with Crippen LogP contribution in [0.2, 0.25) is 0 Å². The highest BCUT2D eigenvalue weighted by atomic mass is 16.5. The summed E-state index contributed by atoms with van der Waals surface area (Å²) in [6.45, 7) is 0. The van der Waals surface area contributed by atoms with Gasteiger partial charge in [-0.2, -0.15) is 0 Å². The van der Waals surface area contributed by atoms with Crippen LogP contribution in [0.15, 0.2) is 24.3 Å². The third kappa shape index (κ3) is 2.48. The number of hydrogen-bond acceptors (Lipinski definition) is 2. The van der Waals surface area contributed by atoms with Crippen LogP contribution in [0, 0.1) is 29.6 Å².